The summed E-state index contributed by atoms with van der Waals surface area (Å²) in [6, 6.07) is 0. The van der Waals surface area contributed by atoms with Crippen LogP contribution < -0.4 is 10.6 Å². The minimum absolute atomic E-state index is 0.197. The Hall–Kier alpha value is -1.30. The molecule has 0 aliphatic heterocycles. The van der Waals surface area contributed by atoms with Gasteiger partial charge in [0.05, 0.1) is 0 Å². The molecule has 26 heavy (non-hydrogen) atoms. The molecule has 0 bridgehead atoms. The number of aliphatic imine (C=N–C) groups is 1. The van der Waals surface area contributed by atoms with Crippen molar-refractivity contribution in [3.05, 3.63) is 0 Å². The number of carbonyl (C=O) groups is 1. The lowest BCUT2D eigenvalue weighted by atomic mass is 9.83. The average Bonchev–Trinajstić information content (AvgIpc) is 3.10. The van der Waals surface area contributed by atoms with Gasteiger partial charge < -0.3 is 20.3 Å². The van der Waals surface area contributed by atoms with Crippen molar-refractivity contribution in [2.75, 3.05) is 45.9 Å². The van der Waals surface area contributed by atoms with Crippen molar-refractivity contribution in [3.63, 3.8) is 0 Å². The van der Waals surface area contributed by atoms with Gasteiger partial charge in [-0.3, -0.25) is 9.79 Å². The predicted molar refractivity (Wildman–Crippen MR) is 109 cm³/mol. The first-order chi connectivity index (χ1) is 12.6. The molecule has 0 aromatic heterocycles. The molecule has 0 radical (unpaired) electrons. The maximum absolute atomic E-state index is 12.1. The van der Waals surface area contributed by atoms with E-state index in [1.54, 1.807) is 0 Å². The minimum Gasteiger partial charge on any atom is -0.382 e. The number of hydrogen-bond donors (Lipinski definition) is 2. The van der Waals surface area contributed by atoms with E-state index in [1.807, 2.05) is 25.7 Å². The van der Waals surface area contributed by atoms with Gasteiger partial charge in [0.1, 0.15) is 0 Å². The standard InChI is InChI=1S/C20H40N4O2/c1-5-21-19(22-15-11-18(25)24(6-2)7-3)23-17-20(12-9-10-13-20)14-16-26-8-4/h5-17H2,1-4H3,(H2,21,22,23). The SMILES string of the molecule is CCNC(=NCC1(CCOCC)CCCC1)NCCC(=O)N(CC)CC. The van der Waals surface area contributed by atoms with Crippen molar-refractivity contribution in [2.45, 2.75) is 66.2 Å². The lowest BCUT2D eigenvalue weighted by Crippen LogP contribution is -2.41. The van der Waals surface area contributed by atoms with Gasteiger partial charge in [0, 0.05) is 52.4 Å². The Balaban J connectivity index is 2.54. The lowest BCUT2D eigenvalue weighted by Gasteiger charge is -2.27. The van der Waals surface area contributed by atoms with Crippen molar-refractivity contribution >= 4 is 11.9 Å². The van der Waals surface area contributed by atoms with Crippen molar-refractivity contribution in [2.24, 2.45) is 10.4 Å². The van der Waals surface area contributed by atoms with E-state index < -0.39 is 0 Å². The molecule has 0 spiro atoms. The van der Waals surface area contributed by atoms with Gasteiger partial charge in [0.15, 0.2) is 5.96 Å². The summed E-state index contributed by atoms with van der Waals surface area (Å²) in [6.07, 6.45) is 6.66. The second kappa shape index (κ2) is 13.0. The number of carbonyl (C=O) groups excluding carboxylic acids is 1. The molecule has 1 rings (SSSR count). The Kier molecular flexibility index (Phi) is 11.3. The largest absolute Gasteiger partial charge is 0.382 e. The summed E-state index contributed by atoms with van der Waals surface area (Å²) in [7, 11) is 0. The van der Waals surface area contributed by atoms with E-state index in [0.717, 1.165) is 51.8 Å². The molecule has 0 aromatic rings. The van der Waals surface area contributed by atoms with E-state index in [-0.39, 0.29) is 11.3 Å². The topological polar surface area (TPSA) is 66.0 Å². The molecule has 152 valence electrons. The van der Waals surface area contributed by atoms with Gasteiger partial charge in [0.25, 0.3) is 0 Å². The lowest BCUT2D eigenvalue weighted by molar-refractivity contribution is -0.130. The van der Waals surface area contributed by atoms with E-state index in [2.05, 4.69) is 17.6 Å². The zero-order chi connectivity index (χ0) is 19.3. The second-order valence-corrected chi connectivity index (χ2v) is 7.09. The normalized spacial score (nSPS) is 16.5. The third-order valence-electron chi connectivity index (χ3n) is 5.31. The zero-order valence-corrected chi connectivity index (χ0v) is 17.4. The zero-order valence-electron chi connectivity index (χ0n) is 17.4. The van der Waals surface area contributed by atoms with Gasteiger partial charge in [-0.25, -0.2) is 0 Å². The number of amides is 1. The highest BCUT2D eigenvalue weighted by Gasteiger charge is 2.33. The van der Waals surface area contributed by atoms with Crippen molar-refractivity contribution in [1.82, 2.24) is 15.5 Å². The molecule has 0 saturated heterocycles. The molecule has 0 atom stereocenters. The van der Waals surface area contributed by atoms with Gasteiger partial charge in [0.2, 0.25) is 5.91 Å². The fourth-order valence-electron chi connectivity index (χ4n) is 3.66. The molecule has 1 aliphatic rings. The molecular formula is C20H40N4O2. The van der Waals surface area contributed by atoms with Crippen LogP contribution in [0.3, 0.4) is 0 Å². The highest BCUT2D eigenvalue weighted by atomic mass is 16.5. The fraction of sp³-hybridized carbons (Fsp3) is 0.900. The summed E-state index contributed by atoms with van der Waals surface area (Å²) in [5, 5.41) is 6.63. The Labute approximate surface area is 160 Å². The fourth-order valence-corrected chi connectivity index (χ4v) is 3.66. The van der Waals surface area contributed by atoms with Crippen LogP contribution in [0.25, 0.3) is 0 Å². The first-order valence-electron chi connectivity index (χ1n) is 10.5. The molecule has 1 fully saturated rings. The van der Waals surface area contributed by atoms with Crippen molar-refractivity contribution in [1.29, 1.82) is 0 Å². The van der Waals surface area contributed by atoms with Crippen LogP contribution in [0.15, 0.2) is 4.99 Å². The smallest absolute Gasteiger partial charge is 0.224 e. The monoisotopic (exact) mass is 368 g/mol. The molecule has 1 saturated carbocycles. The van der Waals surface area contributed by atoms with Crippen LogP contribution in [0.4, 0.5) is 0 Å². The van der Waals surface area contributed by atoms with Crippen LogP contribution in [0.2, 0.25) is 0 Å². The number of nitrogens with zero attached hydrogens (tertiary/aromatic N) is 2. The van der Waals surface area contributed by atoms with Gasteiger partial charge in [-0.05, 0) is 52.4 Å². The summed E-state index contributed by atoms with van der Waals surface area (Å²) < 4.78 is 5.59. The summed E-state index contributed by atoms with van der Waals surface area (Å²) >= 11 is 0. The van der Waals surface area contributed by atoms with Crippen LogP contribution in [0, 0.1) is 5.41 Å². The average molecular weight is 369 g/mol. The Morgan fingerprint density at radius 3 is 2.38 bits per heavy atom. The van der Waals surface area contributed by atoms with Crippen LogP contribution in [0.1, 0.15) is 66.2 Å². The van der Waals surface area contributed by atoms with Crippen LogP contribution in [0.5, 0.6) is 0 Å². The first kappa shape index (κ1) is 22.7. The molecule has 0 heterocycles. The summed E-state index contributed by atoms with van der Waals surface area (Å²) in [6.45, 7) is 13.6. The van der Waals surface area contributed by atoms with E-state index in [1.165, 1.54) is 25.7 Å². The van der Waals surface area contributed by atoms with Crippen LogP contribution >= 0.6 is 0 Å². The second-order valence-electron chi connectivity index (χ2n) is 7.09. The molecule has 1 aliphatic carbocycles. The van der Waals surface area contributed by atoms with Crippen molar-refractivity contribution < 1.29 is 9.53 Å². The predicted octanol–water partition coefficient (Wildman–Crippen LogP) is 2.79. The molecule has 1 amide bonds. The summed E-state index contributed by atoms with van der Waals surface area (Å²) in [4.78, 5) is 18.8. The molecule has 6 heteroatoms. The van der Waals surface area contributed by atoms with E-state index in [0.29, 0.717) is 13.0 Å². The quantitative estimate of drug-likeness (QED) is 0.316. The summed E-state index contributed by atoms with van der Waals surface area (Å²) in [5.74, 6) is 1.02. The molecule has 0 aromatic carbocycles. The van der Waals surface area contributed by atoms with E-state index >= 15 is 0 Å². The number of ether oxygens (including phenoxy) is 1. The van der Waals surface area contributed by atoms with Crippen LogP contribution in [-0.2, 0) is 9.53 Å². The third kappa shape index (κ3) is 7.94. The van der Waals surface area contributed by atoms with Crippen molar-refractivity contribution in [3.8, 4) is 0 Å². The summed E-state index contributed by atoms with van der Waals surface area (Å²) in [5.41, 5.74) is 0.286. The third-order valence-corrected chi connectivity index (χ3v) is 5.31. The number of rotatable bonds is 12. The molecule has 6 nitrogen and oxygen atoms in total. The molecule has 0 unspecified atom stereocenters. The first-order valence-corrected chi connectivity index (χ1v) is 10.5. The highest BCUT2D eigenvalue weighted by molar-refractivity contribution is 5.81. The van der Waals surface area contributed by atoms with Gasteiger partial charge in [-0.15, -0.1) is 0 Å². The van der Waals surface area contributed by atoms with Gasteiger partial charge in [-0.2, -0.15) is 0 Å². The Bertz CT molecular complexity index is 416. The minimum atomic E-state index is 0.197. The Morgan fingerprint density at radius 2 is 1.81 bits per heavy atom. The van der Waals surface area contributed by atoms with Crippen LogP contribution in [-0.4, -0.2) is 62.7 Å². The van der Waals surface area contributed by atoms with Gasteiger partial charge in [-0.1, -0.05) is 12.8 Å². The van der Waals surface area contributed by atoms with E-state index in [4.69, 9.17) is 9.73 Å². The maximum Gasteiger partial charge on any atom is 0.224 e. The number of hydrogen-bond acceptors (Lipinski definition) is 3. The molecule has 2 N–H and O–H groups in total. The highest BCUT2D eigenvalue weighted by Crippen LogP contribution is 2.41. The number of guanidine groups is 1. The number of nitrogens with one attached hydrogen (secondary N) is 2. The Morgan fingerprint density at radius 1 is 1.12 bits per heavy atom. The van der Waals surface area contributed by atoms with E-state index in [9.17, 15) is 4.79 Å². The molecular weight excluding hydrogens is 328 g/mol. The maximum atomic E-state index is 12.1. The van der Waals surface area contributed by atoms with Gasteiger partial charge >= 0.3 is 0 Å².